The second kappa shape index (κ2) is 14.3. The molecule has 5 N–H and O–H groups in total. The second-order valence-corrected chi connectivity index (χ2v) is 8.50. The second-order valence-electron chi connectivity index (χ2n) is 8.50. The van der Waals surface area contributed by atoms with Crippen LogP contribution in [-0.2, 0) is 22.4 Å². The van der Waals surface area contributed by atoms with E-state index >= 15 is 0 Å². The Bertz CT molecular complexity index is 816. The van der Waals surface area contributed by atoms with Crippen LogP contribution in [0.2, 0.25) is 0 Å². The van der Waals surface area contributed by atoms with Gasteiger partial charge in [0.2, 0.25) is 0 Å². The number of carboxylic acid groups (broad SMARTS) is 2. The Morgan fingerprint density at radius 1 is 0.758 bits per heavy atom. The first-order chi connectivity index (χ1) is 15.9. The minimum Gasteiger partial charge on any atom is -0.481 e. The molecule has 2 aromatic rings. The molecule has 0 fully saturated rings. The van der Waals surface area contributed by atoms with Gasteiger partial charge < -0.3 is 26.2 Å². The maximum Gasteiger partial charge on any atom is 0.306 e. The summed E-state index contributed by atoms with van der Waals surface area (Å²) in [5, 5.41) is 28.6. The zero-order valence-electron chi connectivity index (χ0n) is 19.6. The number of nitrogens with one attached hydrogen (secondary N) is 3. The Balaban J connectivity index is 2.04. The van der Waals surface area contributed by atoms with E-state index in [0.717, 1.165) is 48.4 Å². The van der Waals surface area contributed by atoms with Crippen LogP contribution < -0.4 is 16.0 Å². The molecule has 7 nitrogen and oxygen atoms in total. The van der Waals surface area contributed by atoms with Gasteiger partial charge in [-0.15, -0.1) is 0 Å². The molecule has 0 amide bonds. The van der Waals surface area contributed by atoms with Crippen LogP contribution in [0, 0.1) is 11.8 Å². The molecule has 0 bridgehead atoms. The van der Waals surface area contributed by atoms with Gasteiger partial charge in [0.05, 0.1) is 11.8 Å². The molecular weight excluding hydrogens is 418 g/mol. The summed E-state index contributed by atoms with van der Waals surface area (Å²) in [4.78, 5) is 23.3. The molecule has 33 heavy (non-hydrogen) atoms. The van der Waals surface area contributed by atoms with Crippen molar-refractivity contribution in [2.75, 3.05) is 32.5 Å². The van der Waals surface area contributed by atoms with E-state index in [1.54, 1.807) is 0 Å². The largest absolute Gasteiger partial charge is 0.481 e. The van der Waals surface area contributed by atoms with E-state index < -0.39 is 23.8 Å². The summed E-state index contributed by atoms with van der Waals surface area (Å²) in [5.41, 5.74) is 3.72. The number of benzene rings is 2. The van der Waals surface area contributed by atoms with Crippen molar-refractivity contribution in [2.24, 2.45) is 11.8 Å². The van der Waals surface area contributed by atoms with E-state index in [1.807, 2.05) is 62.6 Å². The van der Waals surface area contributed by atoms with Gasteiger partial charge >= 0.3 is 11.9 Å². The lowest BCUT2D eigenvalue weighted by Gasteiger charge is -2.15. The summed E-state index contributed by atoms with van der Waals surface area (Å²) in [5.74, 6) is -2.35. The molecule has 2 aromatic carbocycles. The fourth-order valence-corrected chi connectivity index (χ4v) is 3.96. The molecule has 0 aliphatic heterocycles. The molecule has 2 atom stereocenters. The highest BCUT2D eigenvalue weighted by molar-refractivity contribution is 5.71. The van der Waals surface area contributed by atoms with Crippen LogP contribution in [0.1, 0.15) is 36.8 Å². The highest BCUT2D eigenvalue weighted by atomic mass is 16.4. The van der Waals surface area contributed by atoms with Crippen molar-refractivity contribution in [1.29, 1.82) is 0 Å². The number of aliphatic carboxylic acids is 2. The topological polar surface area (TPSA) is 111 Å². The normalized spacial score (nSPS) is 12.8. The van der Waals surface area contributed by atoms with Gasteiger partial charge in [0.25, 0.3) is 0 Å². The summed E-state index contributed by atoms with van der Waals surface area (Å²) in [7, 11) is 3.73. The van der Waals surface area contributed by atoms with Gasteiger partial charge in [-0.05, 0) is 101 Å². The van der Waals surface area contributed by atoms with Gasteiger partial charge in [-0.1, -0.05) is 24.3 Å². The van der Waals surface area contributed by atoms with Crippen molar-refractivity contribution in [2.45, 2.75) is 38.5 Å². The molecule has 0 aliphatic rings. The number of hydrogen-bond donors (Lipinski definition) is 5. The number of rotatable bonds is 16. The maximum absolute atomic E-state index is 11.6. The highest BCUT2D eigenvalue weighted by Gasteiger charge is 2.19. The predicted molar refractivity (Wildman–Crippen MR) is 132 cm³/mol. The van der Waals surface area contributed by atoms with Gasteiger partial charge in [-0.25, -0.2) is 0 Å². The van der Waals surface area contributed by atoms with Gasteiger partial charge in [0.1, 0.15) is 0 Å². The fraction of sp³-hybridized carbons (Fsp3) is 0.462. The van der Waals surface area contributed by atoms with E-state index in [-0.39, 0.29) is 0 Å². The van der Waals surface area contributed by atoms with Crippen LogP contribution in [0.25, 0.3) is 0 Å². The Hall–Kier alpha value is -2.90. The molecule has 2 rings (SSSR count). The number of anilines is 2. The Morgan fingerprint density at radius 3 is 1.55 bits per heavy atom. The average Bonchev–Trinajstić information content (AvgIpc) is 2.78. The molecule has 0 heterocycles. The number of carboxylic acids is 2. The van der Waals surface area contributed by atoms with E-state index in [2.05, 4.69) is 16.0 Å². The van der Waals surface area contributed by atoms with E-state index in [4.69, 9.17) is 0 Å². The zero-order valence-corrected chi connectivity index (χ0v) is 19.6. The minimum atomic E-state index is -0.764. The quantitative estimate of drug-likeness (QED) is 0.244. The summed E-state index contributed by atoms with van der Waals surface area (Å²) >= 11 is 0. The van der Waals surface area contributed by atoms with E-state index in [0.29, 0.717) is 25.7 Å². The maximum atomic E-state index is 11.6. The lowest BCUT2D eigenvalue weighted by Crippen LogP contribution is -2.19. The summed E-state index contributed by atoms with van der Waals surface area (Å²) in [6.45, 7) is 1.61. The first-order valence-corrected chi connectivity index (χ1v) is 11.6. The minimum absolute atomic E-state index is 0.409. The van der Waals surface area contributed by atoms with Crippen molar-refractivity contribution >= 4 is 23.3 Å². The standard InChI is InChI=1S/C26H37N3O4/c1-27-13-5-9-21(25(30)31)15-19-7-3-11-23(17-19)29-24-12-4-8-20(18-24)16-22(26(32)33)10-6-14-28-2/h3-4,7-8,11-12,17-18,21-22,27-29H,5-6,9-10,13-16H2,1-2H3,(H,30,31)(H,32,33). The number of hydrogen-bond acceptors (Lipinski definition) is 5. The van der Waals surface area contributed by atoms with Gasteiger partial charge in [-0.2, -0.15) is 0 Å². The fourth-order valence-electron chi connectivity index (χ4n) is 3.96. The summed E-state index contributed by atoms with van der Waals surface area (Å²) < 4.78 is 0. The van der Waals surface area contributed by atoms with Gasteiger partial charge in [0.15, 0.2) is 0 Å². The SMILES string of the molecule is CNCCCC(Cc1cccc(Nc2cccc(CC(CCCNC)C(=O)O)c2)c1)C(=O)O. The Labute approximate surface area is 196 Å². The van der Waals surface area contributed by atoms with E-state index in [1.165, 1.54) is 0 Å². The van der Waals surface area contributed by atoms with Crippen LogP contribution in [0.15, 0.2) is 48.5 Å². The summed E-state index contributed by atoms with van der Waals surface area (Å²) in [6, 6.07) is 15.6. The molecule has 0 aromatic heterocycles. The molecule has 0 spiro atoms. The van der Waals surface area contributed by atoms with Crippen LogP contribution in [0.4, 0.5) is 11.4 Å². The Kier molecular flexibility index (Phi) is 11.4. The van der Waals surface area contributed by atoms with Crippen molar-refractivity contribution in [1.82, 2.24) is 10.6 Å². The van der Waals surface area contributed by atoms with Crippen molar-refractivity contribution in [3.05, 3.63) is 59.7 Å². The van der Waals surface area contributed by atoms with Crippen LogP contribution in [0.3, 0.4) is 0 Å². The number of carbonyl (C=O) groups is 2. The first-order valence-electron chi connectivity index (χ1n) is 11.6. The molecule has 180 valence electrons. The molecule has 0 aliphatic carbocycles. The first kappa shape index (κ1) is 26.4. The average molecular weight is 456 g/mol. The third kappa shape index (κ3) is 9.63. The monoisotopic (exact) mass is 455 g/mol. The van der Waals surface area contributed by atoms with Crippen molar-refractivity contribution in [3.63, 3.8) is 0 Å². The smallest absolute Gasteiger partial charge is 0.306 e. The molecular formula is C26H37N3O4. The van der Waals surface area contributed by atoms with Crippen LogP contribution in [-0.4, -0.2) is 49.3 Å². The molecule has 7 heteroatoms. The van der Waals surface area contributed by atoms with Crippen molar-refractivity contribution < 1.29 is 19.8 Å². The van der Waals surface area contributed by atoms with Gasteiger partial charge in [0, 0.05) is 11.4 Å². The molecule has 0 saturated heterocycles. The highest BCUT2D eigenvalue weighted by Crippen LogP contribution is 2.23. The van der Waals surface area contributed by atoms with Gasteiger partial charge in [-0.3, -0.25) is 9.59 Å². The molecule has 0 saturated carbocycles. The third-order valence-electron chi connectivity index (χ3n) is 5.76. The van der Waals surface area contributed by atoms with Crippen LogP contribution in [0.5, 0.6) is 0 Å². The van der Waals surface area contributed by atoms with E-state index in [9.17, 15) is 19.8 Å². The summed E-state index contributed by atoms with van der Waals surface area (Å²) in [6.07, 6.45) is 3.89. The van der Waals surface area contributed by atoms with Crippen molar-refractivity contribution in [3.8, 4) is 0 Å². The lowest BCUT2D eigenvalue weighted by atomic mass is 9.94. The zero-order chi connectivity index (χ0) is 24.1. The lowest BCUT2D eigenvalue weighted by molar-refractivity contribution is -0.142. The molecule has 2 unspecified atom stereocenters. The third-order valence-corrected chi connectivity index (χ3v) is 5.76. The predicted octanol–water partition coefficient (Wildman–Crippen LogP) is 3.92. The van der Waals surface area contributed by atoms with Crippen LogP contribution >= 0.6 is 0 Å². The molecule has 0 radical (unpaired) electrons. The Morgan fingerprint density at radius 2 is 1.18 bits per heavy atom.